The minimum atomic E-state index is 0.0888. The van der Waals surface area contributed by atoms with Crippen molar-refractivity contribution in [1.29, 1.82) is 0 Å². The van der Waals surface area contributed by atoms with Gasteiger partial charge in [-0.3, -0.25) is 4.99 Å². The highest BCUT2D eigenvalue weighted by Crippen LogP contribution is 2.28. The second kappa shape index (κ2) is 5.73. The quantitative estimate of drug-likeness (QED) is 0.707. The molecule has 112 valence electrons. The van der Waals surface area contributed by atoms with Gasteiger partial charge in [-0.1, -0.05) is 11.6 Å². The van der Waals surface area contributed by atoms with E-state index in [0.29, 0.717) is 10.6 Å². The average Bonchev–Trinajstić information content (AvgIpc) is 2.80. The molecule has 0 aliphatic rings. The molecule has 3 rings (SSSR count). The van der Waals surface area contributed by atoms with Gasteiger partial charge in [-0.15, -0.1) is 0 Å². The fourth-order valence-corrected chi connectivity index (χ4v) is 2.45. The van der Waals surface area contributed by atoms with Gasteiger partial charge in [0.15, 0.2) is 5.88 Å². The second-order valence-corrected chi connectivity index (χ2v) is 5.68. The number of aromatic amines is 1. The van der Waals surface area contributed by atoms with Crippen LogP contribution in [0.3, 0.4) is 0 Å². The summed E-state index contributed by atoms with van der Waals surface area (Å²) in [5, 5.41) is 11.5. The van der Waals surface area contributed by atoms with Crippen molar-refractivity contribution in [3.05, 3.63) is 53.1 Å². The number of anilines is 1. The number of aromatic hydroxyl groups is 1. The van der Waals surface area contributed by atoms with Gasteiger partial charge >= 0.3 is 0 Å². The summed E-state index contributed by atoms with van der Waals surface area (Å²) in [5.41, 5.74) is 3.39. The number of benzene rings is 2. The van der Waals surface area contributed by atoms with Crippen LogP contribution in [0.25, 0.3) is 10.9 Å². The molecule has 1 heterocycles. The molecule has 0 saturated carbocycles. The van der Waals surface area contributed by atoms with Crippen LogP contribution in [0.5, 0.6) is 5.88 Å². The number of H-pyrrole nitrogens is 1. The van der Waals surface area contributed by atoms with Crippen molar-refractivity contribution in [3.8, 4) is 5.88 Å². The summed E-state index contributed by atoms with van der Waals surface area (Å²) >= 11 is 6.02. The van der Waals surface area contributed by atoms with E-state index in [9.17, 15) is 5.11 Å². The van der Waals surface area contributed by atoms with Crippen LogP contribution < -0.4 is 4.90 Å². The van der Waals surface area contributed by atoms with Crippen LogP contribution in [-0.2, 0) is 0 Å². The first-order valence-corrected chi connectivity index (χ1v) is 7.24. The lowest BCUT2D eigenvalue weighted by Gasteiger charge is -2.11. The Morgan fingerprint density at radius 3 is 2.55 bits per heavy atom. The molecule has 1 aromatic heterocycles. The predicted octanol–water partition coefficient (Wildman–Crippen LogP) is 4.34. The maximum absolute atomic E-state index is 10.0. The molecule has 0 fully saturated rings. The molecule has 0 bridgehead atoms. The van der Waals surface area contributed by atoms with Gasteiger partial charge in [0.1, 0.15) is 0 Å². The van der Waals surface area contributed by atoms with E-state index in [2.05, 4.69) is 9.98 Å². The molecule has 5 heteroatoms. The lowest BCUT2D eigenvalue weighted by atomic mass is 10.2. The highest BCUT2D eigenvalue weighted by Gasteiger charge is 2.09. The van der Waals surface area contributed by atoms with E-state index in [1.54, 1.807) is 12.3 Å². The second-order valence-electron chi connectivity index (χ2n) is 5.25. The van der Waals surface area contributed by atoms with Gasteiger partial charge in [-0.05, 0) is 42.5 Å². The van der Waals surface area contributed by atoms with E-state index in [1.807, 2.05) is 55.4 Å². The summed E-state index contributed by atoms with van der Waals surface area (Å²) in [6.45, 7) is 0. The van der Waals surface area contributed by atoms with Crippen LogP contribution >= 0.6 is 11.6 Å². The van der Waals surface area contributed by atoms with E-state index in [4.69, 9.17) is 11.6 Å². The number of aromatic nitrogens is 1. The van der Waals surface area contributed by atoms with Crippen LogP contribution in [0.1, 0.15) is 5.56 Å². The molecule has 0 radical (unpaired) electrons. The number of nitrogens with one attached hydrogen (secondary N) is 1. The molecule has 4 nitrogen and oxygen atoms in total. The van der Waals surface area contributed by atoms with Gasteiger partial charge in [-0.2, -0.15) is 0 Å². The van der Waals surface area contributed by atoms with Crippen molar-refractivity contribution in [2.24, 2.45) is 4.99 Å². The zero-order valence-corrected chi connectivity index (χ0v) is 13.1. The Kier molecular flexibility index (Phi) is 3.77. The highest BCUT2D eigenvalue weighted by atomic mass is 35.5. The Morgan fingerprint density at radius 2 is 1.86 bits per heavy atom. The summed E-state index contributed by atoms with van der Waals surface area (Å²) < 4.78 is 0. The summed E-state index contributed by atoms with van der Waals surface area (Å²) in [6, 6.07) is 13.3. The third kappa shape index (κ3) is 2.78. The first-order valence-electron chi connectivity index (χ1n) is 6.86. The molecule has 0 unspecified atom stereocenters. The van der Waals surface area contributed by atoms with Crippen LogP contribution in [0.15, 0.2) is 47.5 Å². The predicted molar refractivity (Wildman–Crippen MR) is 93.0 cm³/mol. The standard InChI is InChI=1S/C17H16ClN3O/c1-21(2)13-6-4-12(5-7-13)19-10-15-14-9-11(18)3-8-16(14)20-17(15)22/h3-10,20,22H,1-2H3. The van der Waals surface area contributed by atoms with Gasteiger partial charge in [0.05, 0.1) is 11.3 Å². The maximum atomic E-state index is 10.0. The van der Waals surface area contributed by atoms with Crippen molar-refractivity contribution in [3.63, 3.8) is 0 Å². The third-order valence-electron chi connectivity index (χ3n) is 3.49. The lowest BCUT2D eigenvalue weighted by Crippen LogP contribution is -2.07. The zero-order valence-electron chi connectivity index (χ0n) is 12.3. The van der Waals surface area contributed by atoms with E-state index < -0.39 is 0 Å². The number of rotatable bonds is 3. The van der Waals surface area contributed by atoms with E-state index in [0.717, 1.165) is 22.3 Å². The van der Waals surface area contributed by atoms with Crippen molar-refractivity contribution < 1.29 is 5.11 Å². The van der Waals surface area contributed by atoms with Gasteiger partial charge in [-0.25, -0.2) is 0 Å². The summed E-state index contributed by atoms with van der Waals surface area (Å²) in [5.74, 6) is 0.0888. The molecule has 22 heavy (non-hydrogen) atoms. The molecule has 0 aliphatic carbocycles. The largest absolute Gasteiger partial charge is 0.494 e. The zero-order chi connectivity index (χ0) is 15.7. The minimum Gasteiger partial charge on any atom is -0.494 e. The Morgan fingerprint density at radius 1 is 1.14 bits per heavy atom. The van der Waals surface area contributed by atoms with Gasteiger partial charge in [0.2, 0.25) is 0 Å². The van der Waals surface area contributed by atoms with Crippen LogP contribution in [0, 0.1) is 0 Å². The molecular formula is C17H16ClN3O. The van der Waals surface area contributed by atoms with Crippen LogP contribution in [0.4, 0.5) is 11.4 Å². The number of hydrogen-bond acceptors (Lipinski definition) is 3. The van der Waals surface area contributed by atoms with E-state index in [-0.39, 0.29) is 5.88 Å². The summed E-state index contributed by atoms with van der Waals surface area (Å²) in [6.07, 6.45) is 1.65. The van der Waals surface area contributed by atoms with Crippen molar-refractivity contribution in [2.45, 2.75) is 0 Å². The topological polar surface area (TPSA) is 51.6 Å². The Bertz CT molecular complexity index is 835. The van der Waals surface area contributed by atoms with E-state index >= 15 is 0 Å². The van der Waals surface area contributed by atoms with E-state index in [1.165, 1.54) is 0 Å². The number of aliphatic imine (C=N–C) groups is 1. The minimum absolute atomic E-state index is 0.0888. The molecule has 0 aliphatic heterocycles. The summed E-state index contributed by atoms with van der Waals surface area (Å²) in [4.78, 5) is 9.37. The fourth-order valence-electron chi connectivity index (χ4n) is 2.28. The van der Waals surface area contributed by atoms with Crippen molar-refractivity contribution >= 4 is 40.1 Å². The summed E-state index contributed by atoms with van der Waals surface area (Å²) in [7, 11) is 3.98. The number of halogens is 1. The SMILES string of the molecule is CN(C)c1ccc(N=Cc2c(O)[nH]c3ccc(Cl)cc23)cc1. The van der Waals surface area contributed by atoms with Crippen LogP contribution in [-0.4, -0.2) is 30.4 Å². The number of fused-ring (bicyclic) bond motifs is 1. The van der Waals surface area contributed by atoms with Gasteiger partial charge in [0.25, 0.3) is 0 Å². The Hall–Kier alpha value is -2.46. The number of nitrogens with zero attached hydrogens (tertiary/aromatic N) is 2. The third-order valence-corrected chi connectivity index (χ3v) is 3.72. The fraction of sp³-hybridized carbons (Fsp3) is 0.118. The molecular weight excluding hydrogens is 298 g/mol. The molecule has 0 atom stereocenters. The molecule has 0 spiro atoms. The highest BCUT2D eigenvalue weighted by molar-refractivity contribution is 6.31. The van der Waals surface area contributed by atoms with Crippen LogP contribution in [0.2, 0.25) is 5.02 Å². The monoisotopic (exact) mass is 313 g/mol. The molecule has 0 amide bonds. The Balaban J connectivity index is 1.95. The average molecular weight is 314 g/mol. The Labute approximate surface area is 133 Å². The smallest absolute Gasteiger partial charge is 0.198 e. The maximum Gasteiger partial charge on any atom is 0.198 e. The molecule has 2 N–H and O–H groups in total. The van der Waals surface area contributed by atoms with Crippen molar-refractivity contribution in [2.75, 3.05) is 19.0 Å². The number of hydrogen-bond donors (Lipinski definition) is 2. The van der Waals surface area contributed by atoms with Gasteiger partial charge in [0, 0.05) is 41.9 Å². The van der Waals surface area contributed by atoms with Gasteiger partial charge < -0.3 is 15.0 Å². The molecule has 0 saturated heterocycles. The molecule has 3 aromatic rings. The normalized spacial score (nSPS) is 11.4. The lowest BCUT2D eigenvalue weighted by molar-refractivity contribution is 0.457. The first-order chi connectivity index (χ1) is 10.5. The molecule has 2 aromatic carbocycles. The first kappa shape index (κ1) is 14.5. The van der Waals surface area contributed by atoms with Crippen molar-refractivity contribution in [1.82, 2.24) is 4.98 Å².